The molecule has 1 saturated carbocycles. The van der Waals surface area contributed by atoms with Gasteiger partial charge in [0.25, 0.3) is 11.6 Å². The summed E-state index contributed by atoms with van der Waals surface area (Å²) in [5.74, 6) is -1.82. The Morgan fingerprint density at radius 3 is 2.42 bits per heavy atom. The van der Waals surface area contributed by atoms with Gasteiger partial charge in [-0.1, -0.05) is 42.6 Å². The highest BCUT2D eigenvalue weighted by Crippen LogP contribution is 2.27. The standard InChI is InChI=1S/C22H21ClN2O6/c1-13(21(27)24-15-6-2-3-7-15)31-22(28)17-9-5-4-8-16(17)20(26)14-10-11-18(23)19(12-14)25(29)30/h4-5,8-13,15H,2-3,6-7H2,1H3,(H,24,27). The first-order valence-corrected chi connectivity index (χ1v) is 10.2. The van der Waals surface area contributed by atoms with Crippen LogP contribution in [-0.2, 0) is 9.53 Å². The normalized spacial score (nSPS) is 14.6. The van der Waals surface area contributed by atoms with Gasteiger partial charge in [-0.25, -0.2) is 4.79 Å². The zero-order chi connectivity index (χ0) is 22.5. The molecular formula is C22H21ClN2O6. The quantitative estimate of drug-likeness (QED) is 0.297. The van der Waals surface area contributed by atoms with Gasteiger partial charge in [-0.05, 0) is 38.0 Å². The fraction of sp³-hybridized carbons (Fsp3) is 0.318. The van der Waals surface area contributed by atoms with Gasteiger partial charge in [0.05, 0.1) is 10.5 Å². The van der Waals surface area contributed by atoms with Crippen LogP contribution in [0.5, 0.6) is 0 Å². The molecule has 1 aliphatic rings. The maximum Gasteiger partial charge on any atom is 0.339 e. The molecule has 162 valence electrons. The number of hydrogen-bond acceptors (Lipinski definition) is 6. The minimum atomic E-state index is -1.03. The molecular weight excluding hydrogens is 424 g/mol. The van der Waals surface area contributed by atoms with E-state index in [9.17, 15) is 24.5 Å². The van der Waals surface area contributed by atoms with Crippen molar-refractivity contribution in [2.75, 3.05) is 0 Å². The summed E-state index contributed by atoms with van der Waals surface area (Å²) < 4.78 is 5.28. The van der Waals surface area contributed by atoms with Crippen LogP contribution in [0.4, 0.5) is 5.69 Å². The topological polar surface area (TPSA) is 116 Å². The first-order valence-electron chi connectivity index (χ1n) is 9.87. The molecule has 1 N–H and O–H groups in total. The van der Waals surface area contributed by atoms with Crippen LogP contribution in [0, 0.1) is 10.1 Å². The Kier molecular flexibility index (Phi) is 7.02. The SMILES string of the molecule is CC(OC(=O)c1ccccc1C(=O)c1ccc(Cl)c([N+](=O)[O-])c1)C(=O)NC1CCCC1. The third-order valence-corrected chi connectivity index (χ3v) is 5.47. The van der Waals surface area contributed by atoms with Crippen LogP contribution in [0.1, 0.15) is 58.9 Å². The number of nitrogens with one attached hydrogen (secondary N) is 1. The predicted molar refractivity (Wildman–Crippen MR) is 113 cm³/mol. The Morgan fingerprint density at radius 2 is 1.77 bits per heavy atom. The number of amides is 1. The Balaban J connectivity index is 1.78. The molecule has 2 aromatic carbocycles. The molecule has 1 atom stereocenters. The van der Waals surface area contributed by atoms with E-state index in [1.165, 1.54) is 31.2 Å². The van der Waals surface area contributed by atoms with Crippen LogP contribution < -0.4 is 5.32 Å². The molecule has 1 amide bonds. The molecule has 0 saturated heterocycles. The first kappa shape index (κ1) is 22.4. The second kappa shape index (κ2) is 9.70. The highest BCUT2D eigenvalue weighted by Gasteiger charge is 2.26. The van der Waals surface area contributed by atoms with E-state index < -0.39 is 34.4 Å². The smallest absolute Gasteiger partial charge is 0.339 e. The molecule has 3 rings (SSSR count). The Bertz CT molecular complexity index is 1030. The first-order chi connectivity index (χ1) is 14.8. The second-order valence-corrected chi connectivity index (χ2v) is 7.74. The molecule has 0 aliphatic heterocycles. The number of esters is 1. The average molecular weight is 445 g/mol. The number of carbonyl (C=O) groups is 3. The van der Waals surface area contributed by atoms with Crippen molar-refractivity contribution < 1.29 is 24.0 Å². The Labute approximate surface area is 183 Å². The van der Waals surface area contributed by atoms with Crippen LogP contribution in [0.25, 0.3) is 0 Å². The molecule has 0 aromatic heterocycles. The fourth-order valence-corrected chi connectivity index (χ4v) is 3.66. The number of hydrogen-bond donors (Lipinski definition) is 1. The van der Waals surface area contributed by atoms with E-state index in [0.717, 1.165) is 31.7 Å². The van der Waals surface area contributed by atoms with E-state index in [0.29, 0.717) is 0 Å². The van der Waals surface area contributed by atoms with Crippen LogP contribution in [-0.4, -0.2) is 34.7 Å². The van der Waals surface area contributed by atoms with Gasteiger partial charge >= 0.3 is 5.97 Å². The van der Waals surface area contributed by atoms with Crippen molar-refractivity contribution in [2.24, 2.45) is 0 Å². The molecule has 8 nitrogen and oxygen atoms in total. The van der Waals surface area contributed by atoms with Crippen molar-refractivity contribution in [3.63, 3.8) is 0 Å². The minimum Gasteiger partial charge on any atom is -0.449 e. The number of benzene rings is 2. The molecule has 9 heteroatoms. The van der Waals surface area contributed by atoms with Crippen LogP contribution >= 0.6 is 11.6 Å². The summed E-state index contributed by atoms with van der Waals surface area (Å²) in [6, 6.07) is 9.68. The monoisotopic (exact) mass is 444 g/mol. The number of nitrogens with zero attached hydrogens (tertiary/aromatic N) is 1. The molecule has 0 bridgehead atoms. The zero-order valence-corrected chi connectivity index (χ0v) is 17.6. The number of ketones is 1. The molecule has 2 aromatic rings. The summed E-state index contributed by atoms with van der Waals surface area (Å²) in [5, 5.41) is 13.9. The zero-order valence-electron chi connectivity index (χ0n) is 16.8. The summed E-state index contributed by atoms with van der Waals surface area (Å²) in [7, 11) is 0. The van der Waals surface area contributed by atoms with Gasteiger partial charge in [-0.15, -0.1) is 0 Å². The molecule has 0 spiro atoms. The Morgan fingerprint density at radius 1 is 1.13 bits per heavy atom. The van der Waals surface area contributed by atoms with E-state index in [1.54, 1.807) is 12.1 Å². The third-order valence-electron chi connectivity index (χ3n) is 5.15. The number of nitro benzene ring substituents is 1. The summed E-state index contributed by atoms with van der Waals surface area (Å²) in [5.41, 5.74) is -0.439. The van der Waals surface area contributed by atoms with Crippen molar-refractivity contribution in [1.82, 2.24) is 5.32 Å². The summed E-state index contributed by atoms with van der Waals surface area (Å²) in [4.78, 5) is 48.4. The lowest BCUT2D eigenvalue weighted by Gasteiger charge is -2.17. The number of rotatable bonds is 7. The fourth-order valence-electron chi connectivity index (χ4n) is 3.47. The van der Waals surface area contributed by atoms with Gasteiger partial charge in [0.2, 0.25) is 0 Å². The lowest BCUT2D eigenvalue weighted by Crippen LogP contribution is -2.41. The van der Waals surface area contributed by atoms with Gasteiger partial charge in [-0.2, -0.15) is 0 Å². The number of ether oxygens (including phenoxy) is 1. The highest BCUT2D eigenvalue weighted by atomic mass is 35.5. The van der Waals surface area contributed by atoms with E-state index in [-0.39, 0.29) is 27.8 Å². The lowest BCUT2D eigenvalue weighted by molar-refractivity contribution is -0.384. The maximum atomic E-state index is 13.0. The summed E-state index contributed by atoms with van der Waals surface area (Å²) >= 11 is 5.81. The van der Waals surface area contributed by atoms with Crippen LogP contribution in [0.2, 0.25) is 5.02 Å². The van der Waals surface area contributed by atoms with Crippen LogP contribution in [0.15, 0.2) is 42.5 Å². The van der Waals surface area contributed by atoms with Crippen molar-refractivity contribution >= 4 is 34.9 Å². The molecule has 0 radical (unpaired) electrons. The average Bonchev–Trinajstić information content (AvgIpc) is 3.26. The van der Waals surface area contributed by atoms with Gasteiger partial charge < -0.3 is 10.1 Å². The van der Waals surface area contributed by atoms with Gasteiger partial charge in [0.15, 0.2) is 11.9 Å². The largest absolute Gasteiger partial charge is 0.449 e. The van der Waals surface area contributed by atoms with Crippen molar-refractivity contribution in [3.05, 3.63) is 74.3 Å². The van der Waals surface area contributed by atoms with Gasteiger partial charge in [0, 0.05) is 23.2 Å². The minimum absolute atomic E-state index is 0.00312. The van der Waals surface area contributed by atoms with E-state index in [2.05, 4.69) is 5.32 Å². The number of nitro groups is 1. The summed E-state index contributed by atoms with van der Waals surface area (Å²) in [6.07, 6.45) is 2.87. The van der Waals surface area contributed by atoms with Crippen molar-refractivity contribution in [3.8, 4) is 0 Å². The highest BCUT2D eigenvalue weighted by molar-refractivity contribution is 6.33. The summed E-state index contributed by atoms with van der Waals surface area (Å²) in [6.45, 7) is 1.47. The number of carbonyl (C=O) groups excluding carboxylic acids is 3. The van der Waals surface area contributed by atoms with E-state index >= 15 is 0 Å². The van der Waals surface area contributed by atoms with Crippen LogP contribution in [0.3, 0.4) is 0 Å². The van der Waals surface area contributed by atoms with E-state index in [4.69, 9.17) is 16.3 Å². The molecule has 1 unspecified atom stereocenters. The molecule has 1 fully saturated rings. The maximum absolute atomic E-state index is 13.0. The lowest BCUT2D eigenvalue weighted by atomic mass is 9.98. The molecule has 0 heterocycles. The third kappa shape index (κ3) is 5.27. The van der Waals surface area contributed by atoms with Gasteiger partial charge in [-0.3, -0.25) is 19.7 Å². The van der Waals surface area contributed by atoms with Crippen molar-refractivity contribution in [2.45, 2.75) is 44.8 Å². The molecule has 31 heavy (non-hydrogen) atoms. The predicted octanol–water partition coefficient (Wildman–Crippen LogP) is 4.08. The molecule has 1 aliphatic carbocycles. The van der Waals surface area contributed by atoms with E-state index in [1.807, 2.05) is 0 Å². The van der Waals surface area contributed by atoms with Gasteiger partial charge in [0.1, 0.15) is 5.02 Å². The number of halogens is 1. The van der Waals surface area contributed by atoms with Crippen molar-refractivity contribution in [1.29, 1.82) is 0 Å². The second-order valence-electron chi connectivity index (χ2n) is 7.34. The Hall–Kier alpha value is -3.26.